The molecule has 1 amide bonds. The maximum Gasteiger partial charge on any atom is 0.251 e. The Labute approximate surface area is 116 Å². The molecule has 7 heteroatoms. The van der Waals surface area contributed by atoms with E-state index in [1.807, 2.05) is 14.0 Å². The normalized spacial score (nSPS) is 11.6. The first-order valence-corrected chi connectivity index (χ1v) is 6.21. The zero-order chi connectivity index (χ0) is 14.2. The number of carbonyl (C=O) groups is 1. The van der Waals surface area contributed by atoms with Gasteiger partial charge in [-0.1, -0.05) is 11.6 Å². The number of halogens is 1. The minimum absolute atomic E-state index is 0.177. The molecule has 1 N–H and O–H groups in total. The average molecular weight is 282 g/mol. The topological polar surface area (TPSA) is 64.7 Å². The SMILES string of the molecule is Cc1c(NC(=O)C(C)(C)n2cc(Cl)cn2)cnn1C. The number of nitrogens with one attached hydrogen (secondary N) is 1. The summed E-state index contributed by atoms with van der Waals surface area (Å²) in [6.07, 6.45) is 4.75. The Morgan fingerprint density at radius 3 is 2.53 bits per heavy atom. The number of nitrogens with zero attached hydrogens (tertiary/aromatic N) is 4. The van der Waals surface area contributed by atoms with E-state index in [1.165, 1.54) is 10.9 Å². The van der Waals surface area contributed by atoms with Crippen LogP contribution in [0.2, 0.25) is 5.02 Å². The Bertz CT molecular complexity index is 613. The highest BCUT2D eigenvalue weighted by atomic mass is 35.5. The lowest BCUT2D eigenvalue weighted by Crippen LogP contribution is -2.40. The van der Waals surface area contributed by atoms with E-state index < -0.39 is 5.54 Å². The number of hydrogen-bond donors (Lipinski definition) is 1. The molecule has 2 heterocycles. The van der Waals surface area contributed by atoms with E-state index in [1.54, 1.807) is 30.9 Å². The summed E-state index contributed by atoms with van der Waals surface area (Å²) in [4.78, 5) is 12.4. The molecule has 2 aromatic heterocycles. The minimum Gasteiger partial charge on any atom is -0.321 e. The molecule has 102 valence electrons. The number of amides is 1. The number of aromatic nitrogens is 4. The molecular weight excluding hydrogens is 266 g/mol. The van der Waals surface area contributed by atoms with Crippen LogP contribution in [0.3, 0.4) is 0 Å². The van der Waals surface area contributed by atoms with E-state index in [4.69, 9.17) is 11.6 Å². The van der Waals surface area contributed by atoms with E-state index in [9.17, 15) is 4.79 Å². The average Bonchev–Trinajstić information content (AvgIpc) is 2.90. The summed E-state index contributed by atoms with van der Waals surface area (Å²) in [6.45, 7) is 5.44. The molecule has 0 radical (unpaired) electrons. The summed E-state index contributed by atoms with van der Waals surface area (Å²) in [7, 11) is 1.82. The third kappa shape index (κ3) is 2.49. The van der Waals surface area contributed by atoms with Crippen molar-refractivity contribution in [3.05, 3.63) is 29.3 Å². The Morgan fingerprint density at radius 2 is 2.05 bits per heavy atom. The standard InChI is InChI=1S/C12H16ClN5O/c1-8-10(6-14-17(8)4)16-11(19)12(2,3)18-7-9(13)5-15-18/h5-7H,1-4H3,(H,16,19). The number of hydrogen-bond acceptors (Lipinski definition) is 3. The quantitative estimate of drug-likeness (QED) is 0.935. The Morgan fingerprint density at radius 1 is 1.37 bits per heavy atom. The van der Waals surface area contributed by atoms with Crippen molar-refractivity contribution >= 4 is 23.2 Å². The second-order valence-corrected chi connectivity index (χ2v) is 5.32. The first kappa shape index (κ1) is 13.6. The van der Waals surface area contributed by atoms with Crippen molar-refractivity contribution in [1.29, 1.82) is 0 Å². The Kier molecular flexibility index (Phi) is 3.36. The van der Waals surface area contributed by atoms with E-state index in [-0.39, 0.29) is 5.91 Å². The molecule has 0 bridgehead atoms. The van der Waals surface area contributed by atoms with Crippen LogP contribution in [-0.2, 0) is 17.4 Å². The van der Waals surface area contributed by atoms with Crippen molar-refractivity contribution in [3.8, 4) is 0 Å². The monoisotopic (exact) mass is 281 g/mol. The molecule has 19 heavy (non-hydrogen) atoms. The second kappa shape index (κ2) is 4.70. The highest BCUT2D eigenvalue weighted by molar-refractivity contribution is 6.30. The van der Waals surface area contributed by atoms with Gasteiger partial charge < -0.3 is 5.32 Å². The van der Waals surface area contributed by atoms with Crippen molar-refractivity contribution < 1.29 is 4.79 Å². The lowest BCUT2D eigenvalue weighted by Gasteiger charge is -2.24. The second-order valence-electron chi connectivity index (χ2n) is 4.88. The van der Waals surface area contributed by atoms with Crippen LogP contribution in [-0.4, -0.2) is 25.5 Å². The number of anilines is 1. The van der Waals surface area contributed by atoms with Crippen LogP contribution in [0.4, 0.5) is 5.69 Å². The molecule has 0 spiro atoms. The zero-order valence-electron chi connectivity index (χ0n) is 11.3. The molecule has 2 aromatic rings. The molecule has 0 saturated heterocycles. The maximum atomic E-state index is 12.4. The lowest BCUT2D eigenvalue weighted by atomic mass is 10.1. The van der Waals surface area contributed by atoms with Crippen LogP contribution < -0.4 is 5.32 Å². The van der Waals surface area contributed by atoms with Crippen molar-refractivity contribution in [1.82, 2.24) is 19.6 Å². The first-order valence-electron chi connectivity index (χ1n) is 5.83. The van der Waals surface area contributed by atoms with Gasteiger partial charge in [0, 0.05) is 13.2 Å². The van der Waals surface area contributed by atoms with Crippen molar-refractivity contribution in [3.63, 3.8) is 0 Å². The van der Waals surface area contributed by atoms with Gasteiger partial charge in [0.15, 0.2) is 0 Å². The van der Waals surface area contributed by atoms with E-state index >= 15 is 0 Å². The number of carbonyl (C=O) groups excluding carboxylic acids is 1. The van der Waals surface area contributed by atoms with Gasteiger partial charge >= 0.3 is 0 Å². The fourth-order valence-corrected chi connectivity index (χ4v) is 1.74. The molecule has 0 aliphatic heterocycles. The zero-order valence-corrected chi connectivity index (χ0v) is 12.1. The number of rotatable bonds is 3. The first-order chi connectivity index (χ1) is 8.82. The molecule has 0 atom stereocenters. The van der Waals surface area contributed by atoms with Crippen LogP contribution in [0, 0.1) is 6.92 Å². The van der Waals surface area contributed by atoms with Gasteiger partial charge in [-0.3, -0.25) is 14.2 Å². The van der Waals surface area contributed by atoms with Crippen LogP contribution in [0.1, 0.15) is 19.5 Å². The lowest BCUT2D eigenvalue weighted by molar-refractivity contribution is -0.123. The Balaban J connectivity index is 2.22. The van der Waals surface area contributed by atoms with Crippen molar-refractivity contribution in [2.45, 2.75) is 26.3 Å². The third-order valence-corrected chi connectivity index (χ3v) is 3.36. The minimum atomic E-state index is -0.838. The van der Waals surface area contributed by atoms with Gasteiger partial charge in [-0.2, -0.15) is 10.2 Å². The summed E-state index contributed by atoms with van der Waals surface area (Å²) >= 11 is 5.83. The van der Waals surface area contributed by atoms with Gasteiger partial charge in [0.25, 0.3) is 5.91 Å². The fraction of sp³-hybridized carbons (Fsp3) is 0.417. The molecule has 0 aromatic carbocycles. The third-order valence-electron chi connectivity index (χ3n) is 3.16. The largest absolute Gasteiger partial charge is 0.321 e. The predicted molar refractivity (Wildman–Crippen MR) is 73.1 cm³/mol. The summed E-state index contributed by atoms with van der Waals surface area (Å²) in [5.41, 5.74) is 0.747. The molecule has 0 unspecified atom stereocenters. The molecule has 2 rings (SSSR count). The van der Waals surface area contributed by atoms with E-state index in [0.717, 1.165) is 5.69 Å². The van der Waals surface area contributed by atoms with Gasteiger partial charge in [-0.15, -0.1) is 0 Å². The smallest absolute Gasteiger partial charge is 0.251 e. The number of aryl methyl sites for hydroxylation is 1. The summed E-state index contributed by atoms with van der Waals surface area (Å²) in [5, 5.41) is 11.5. The van der Waals surface area contributed by atoms with Crippen LogP contribution in [0.15, 0.2) is 18.6 Å². The fourth-order valence-electron chi connectivity index (χ4n) is 1.61. The summed E-state index contributed by atoms with van der Waals surface area (Å²) < 4.78 is 3.24. The molecule has 0 aliphatic carbocycles. The van der Waals surface area contributed by atoms with Crippen LogP contribution in [0.25, 0.3) is 0 Å². The summed E-state index contributed by atoms with van der Waals surface area (Å²) in [5.74, 6) is -0.177. The molecule has 0 fully saturated rings. The van der Waals surface area contributed by atoms with Crippen molar-refractivity contribution in [2.24, 2.45) is 7.05 Å². The summed E-state index contributed by atoms with van der Waals surface area (Å²) in [6, 6.07) is 0. The molecular formula is C12H16ClN5O. The van der Waals surface area contributed by atoms with E-state index in [0.29, 0.717) is 10.7 Å². The van der Waals surface area contributed by atoms with Gasteiger partial charge in [0.1, 0.15) is 5.54 Å². The highest BCUT2D eigenvalue weighted by Gasteiger charge is 2.31. The maximum absolute atomic E-state index is 12.4. The molecule has 0 saturated carbocycles. The molecule has 0 aliphatic rings. The van der Waals surface area contributed by atoms with E-state index in [2.05, 4.69) is 15.5 Å². The van der Waals surface area contributed by atoms with Gasteiger partial charge in [-0.05, 0) is 20.8 Å². The van der Waals surface area contributed by atoms with Crippen LogP contribution >= 0.6 is 11.6 Å². The van der Waals surface area contributed by atoms with Crippen LogP contribution in [0.5, 0.6) is 0 Å². The Hall–Kier alpha value is -1.82. The molecule has 6 nitrogen and oxygen atoms in total. The van der Waals surface area contributed by atoms with Gasteiger partial charge in [0.05, 0.1) is 28.8 Å². The van der Waals surface area contributed by atoms with Gasteiger partial charge in [-0.25, -0.2) is 0 Å². The van der Waals surface area contributed by atoms with Gasteiger partial charge in [0.2, 0.25) is 0 Å². The van der Waals surface area contributed by atoms with Crippen molar-refractivity contribution in [2.75, 3.05) is 5.32 Å². The highest BCUT2D eigenvalue weighted by Crippen LogP contribution is 2.21. The predicted octanol–water partition coefficient (Wildman–Crippen LogP) is 1.95.